The molecule has 0 spiro atoms. The summed E-state index contributed by atoms with van der Waals surface area (Å²) in [5, 5.41) is 0. The maximum atomic E-state index is 13.1. The Morgan fingerprint density at radius 1 is 0.833 bits per heavy atom. The van der Waals surface area contributed by atoms with E-state index < -0.39 is 11.8 Å². The Balaban J connectivity index is 0.000000141. The second-order valence-corrected chi connectivity index (χ2v) is 7.34. The first-order valence-electron chi connectivity index (χ1n) is 7.24. The SMILES string of the molecule is FC1(F)C=Cc2c(Br)cccc21.FC1(F)CCc2c(Br)cccc21. The summed E-state index contributed by atoms with van der Waals surface area (Å²) in [6, 6.07) is 9.78. The highest BCUT2D eigenvalue weighted by Crippen LogP contribution is 2.44. The largest absolute Gasteiger partial charge is 0.292 e. The molecule has 2 aromatic rings. The minimum absolute atomic E-state index is 0.0506. The number of rotatable bonds is 0. The number of alkyl halides is 4. The van der Waals surface area contributed by atoms with Crippen molar-refractivity contribution >= 4 is 37.9 Å². The van der Waals surface area contributed by atoms with E-state index in [1.807, 2.05) is 0 Å². The molecule has 126 valence electrons. The third kappa shape index (κ3) is 3.18. The van der Waals surface area contributed by atoms with Crippen LogP contribution in [0.4, 0.5) is 17.6 Å². The van der Waals surface area contributed by atoms with E-state index in [0.29, 0.717) is 16.5 Å². The van der Waals surface area contributed by atoms with E-state index >= 15 is 0 Å². The van der Waals surface area contributed by atoms with E-state index in [0.717, 1.165) is 16.1 Å². The fourth-order valence-electron chi connectivity index (χ4n) is 2.85. The summed E-state index contributed by atoms with van der Waals surface area (Å²) < 4.78 is 53.7. The first-order chi connectivity index (χ1) is 11.2. The number of allylic oxidation sites excluding steroid dienone is 1. The zero-order chi connectivity index (χ0) is 17.5. The molecule has 24 heavy (non-hydrogen) atoms. The summed E-state index contributed by atoms with van der Waals surface area (Å²) in [5.74, 6) is -5.40. The molecular weight excluding hydrogens is 452 g/mol. The van der Waals surface area contributed by atoms with Gasteiger partial charge in [0, 0.05) is 26.5 Å². The second-order valence-electron chi connectivity index (χ2n) is 5.63. The van der Waals surface area contributed by atoms with Crippen LogP contribution < -0.4 is 0 Å². The fraction of sp³-hybridized carbons (Fsp3) is 0.222. The van der Waals surface area contributed by atoms with E-state index in [2.05, 4.69) is 31.9 Å². The molecule has 0 N–H and O–H groups in total. The van der Waals surface area contributed by atoms with Crippen LogP contribution in [0.5, 0.6) is 0 Å². The fourth-order valence-corrected chi connectivity index (χ4v) is 3.91. The van der Waals surface area contributed by atoms with Gasteiger partial charge in [-0.05, 0) is 35.8 Å². The van der Waals surface area contributed by atoms with Crippen molar-refractivity contribution in [3.63, 3.8) is 0 Å². The zero-order valence-corrected chi connectivity index (χ0v) is 15.5. The molecule has 0 aliphatic heterocycles. The van der Waals surface area contributed by atoms with Crippen molar-refractivity contribution < 1.29 is 17.6 Å². The highest BCUT2D eigenvalue weighted by Gasteiger charge is 2.39. The van der Waals surface area contributed by atoms with Crippen LogP contribution in [0.25, 0.3) is 6.08 Å². The van der Waals surface area contributed by atoms with Gasteiger partial charge in [0.05, 0.1) is 0 Å². The van der Waals surface area contributed by atoms with Crippen LogP contribution >= 0.6 is 31.9 Å². The van der Waals surface area contributed by atoms with Crippen LogP contribution in [0.2, 0.25) is 0 Å². The Hall–Kier alpha value is -1.14. The van der Waals surface area contributed by atoms with Gasteiger partial charge < -0.3 is 0 Å². The maximum Gasteiger partial charge on any atom is 0.292 e. The van der Waals surface area contributed by atoms with Gasteiger partial charge in [0.2, 0.25) is 0 Å². The molecule has 0 nitrogen and oxygen atoms in total. The van der Waals surface area contributed by atoms with Crippen LogP contribution in [-0.4, -0.2) is 0 Å². The monoisotopic (exact) mass is 462 g/mol. The van der Waals surface area contributed by atoms with Crippen molar-refractivity contribution in [3.05, 3.63) is 73.7 Å². The Kier molecular flexibility index (Phi) is 4.64. The molecule has 2 aliphatic carbocycles. The Labute approximate surface area is 153 Å². The smallest absolute Gasteiger partial charge is 0.201 e. The quantitative estimate of drug-likeness (QED) is 0.367. The highest BCUT2D eigenvalue weighted by atomic mass is 79.9. The summed E-state index contributed by atoms with van der Waals surface area (Å²) in [4.78, 5) is 0. The minimum Gasteiger partial charge on any atom is -0.201 e. The topological polar surface area (TPSA) is 0 Å². The molecule has 2 aliphatic rings. The molecule has 0 unspecified atom stereocenters. The molecular formula is C18H12Br2F4. The van der Waals surface area contributed by atoms with Gasteiger partial charge in [-0.2, -0.15) is 8.78 Å². The van der Waals surface area contributed by atoms with Crippen LogP contribution in [0.15, 0.2) is 51.4 Å². The normalized spacial score (nSPS) is 18.6. The van der Waals surface area contributed by atoms with Crippen LogP contribution in [-0.2, 0) is 18.3 Å². The molecule has 4 rings (SSSR count). The molecule has 0 bridgehead atoms. The van der Waals surface area contributed by atoms with Gasteiger partial charge in [0.15, 0.2) is 0 Å². The van der Waals surface area contributed by atoms with Crippen molar-refractivity contribution in [1.29, 1.82) is 0 Å². The molecule has 0 radical (unpaired) electrons. The van der Waals surface area contributed by atoms with Crippen molar-refractivity contribution in [3.8, 4) is 0 Å². The zero-order valence-electron chi connectivity index (χ0n) is 12.3. The molecule has 0 fully saturated rings. The van der Waals surface area contributed by atoms with Crippen molar-refractivity contribution in [1.82, 2.24) is 0 Å². The highest BCUT2D eigenvalue weighted by molar-refractivity contribution is 9.10. The second kappa shape index (κ2) is 6.30. The molecule has 0 heterocycles. The standard InChI is InChI=1S/C9H7BrF2.C9H5BrF2/c2*10-8-3-1-2-7-6(8)4-5-9(7,11)12/h1-3H,4-5H2;1-5H. The number of halogens is 6. The molecule has 6 heteroatoms. The van der Waals surface area contributed by atoms with E-state index in [4.69, 9.17) is 0 Å². The summed E-state index contributed by atoms with van der Waals surface area (Å²) in [6.07, 6.45) is 2.79. The molecule has 0 saturated carbocycles. The van der Waals surface area contributed by atoms with Gasteiger partial charge in [0.25, 0.3) is 11.8 Å². The summed E-state index contributed by atoms with van der Waals surface area (Å²) in [5.41, 5.74) is 1.62. The van der Waals surface area contributed by atoms with Crippen molar-refractivity contribution in [2.24, 2.45) is 0 Å². The van der Waals surface area contributed by atoms with E-state index in [9.17, 15) is 17.6 Å². The average molecular weight is 464 g/mol. The Morgan fingerprint density at radius 3 is 2.08 bits per heavy atom. The molecule has 0 saturated heterocycles. The van der Waals surface area contributed by atoms with Crippen LogP contribution in [0.3, 0.4) is 0 Å². The summed E-state index contributed by atoms with van der Waals surface area (Å²) in [7, 11) is 0. The average Bonchev–Trinajstić information content (AvgIpc) is 3.00. The van der Waals surface area contributed by atoms with Gasteiger partial charge >= 0.3 is 0 Å². The predicted molar refractivity (Wildman–Crippen MR) is 93.4 cm³/mol. The van der Waals surface area contributed by atoms with E-state index in [-0.39, 0.29) is 17.5 Å². The number of benzene rings is 2. The van der Waals surface area contributed by atoms with Gasteiger partial charge in [-0.25, -0.2) is 8.78 Å². The third-order valence-corrected chi connectivity index (χ3v) is 5.51. The lowest BCUT2D eigenvalue weighted by Gasteiger charge is -2.09. The third-order valence-electron chi connectivity index (χ3n) is 4.07. The lowest BCUT2D eigenvalue weighted by Crippen LogP contribution is -2.06. The number of hydrogen-bond donors (Lipinski definition) is 0. The maximum absolute atomic E-state index is 13.1. The van der Waals surface area contributed by atoms with E-state index in [1.54, 1.807) is 24.3 Å². The first kappa shape index (κ1) is 17.7. The number of fused-ring (bicyclic) bond motifs is 2. The van der Waals surface area contributed by atoms with Crippen LogP contribution in [0, 0.1) is 0 Å². The Morgan fingerprint density at radius 2 is 1.46 bits per heavy atom. The van der Waals surface area contributed by atoms with Crippen molar-refractivity contribution in [2.75, 3.05) is 0 Å². The molecule has 0 aromatic heterocycles. The summed E-state index contributed by atoms with van der Waals surface area (Å²) >= 11 is 6.48. The van der Waals surface area contributed by atoms with Gasteiger partial charge in [0.1, 0.15) is 0 Å². The van der Waals surface area contributed by atoms with Crippen LogP contribution in [0.1, 0.15) is 28.7 Å². The lowest BCUT2D eigenvalue weighted by atomic mass is 10.1. The summed E-state index contributed by atoms with van der Waals surface area (Å²) in [6.45, 7) is 0. The van der Waals surface area contributed by atoms with Gasteiger partial charge in [-0.15, -0.1) is 0 Å². The first-order valence-corrected chi connectivity index (χ1v) is 8.83. The lowest BCUT2D eigenvalue weighted by molar-refractivity contribution is -0.00184. The minimum atomic E-state index is -2.79. The Bertz CT molecular complexity index is 807. The molecule has 0 amide bonds. The van der Waals surface area contributed by atoms with E-state index in [1.165, 1.54) is 18.2 Å². The van der Waals surface area contributed by atoms with Crippen molar-refractivity contribution in [2.45, 2.75) is 24.7 Å². The molecule has 0 atom stereocenters. The predicted octanol–water partition coefficient (Wildman–Crippen LogP) is 7.05. The van der Waals surface area contributed by atoms with Gasteiger partial charge in [-0.3, -0.25) is 0 Å². The molecule has 2 aromatic carbocycles. The van der Waals surface area contributed by atoms with Gasteiger partial charge in [-0.1, -0.05) is 62.2 Å². The number of hydrogen-bond acceptors (Lipinski definition) is 0.